The second-order valence-electron chi connectivity index (χ2n) is 20.6. The third-order valence-corrected chi connectivity index (χ3v) is 12.7. The van der Waals surface area contributed by atoms with Crippen LogP contribution in [0.3, 0.4) is 0 Å². The van der Waals surface area contributed by atoms with E-state index < -0.39 is 107 Å². The van der Waals surface area contributed by atoms with Gasteiger partial charge in [-0.05, 0) is 107 Å². The summed E-state index contributed by atoms with van der Waals surface area (Å²) in [4.78, 5) is 128. The Bertz CT molecular complexity index is 1930. The molecule has 12 N–H and O–H groups in total. The lowest BCUT2D eigenvalue weighted by atomic mass is 9.99. The van der Waals surface area contributed by atoms with Crippen molar-refractivity contribution in [2.45, 2.75) is 181 Å². The third-order valence-electron chi connectivity index (χ3n) is 12.7. The van der Waals surface area contributed by atoms with Gasteiger partial charge in [-0.15, -0.1) is 0 Å². The Labute approximate surface area is 420 Å². The highest BCUT2D eigenvalue weighted by atomic mass is 16.2. The molecule has 8 atom stereocenters. The Kier molecular flexibility index (Phi) is 25.5. The van der Waals surface area contributed by atoms with E-state index in [9.17, 15) is 43.2 Å². The van der Waals surface area contributed by atoms with E-state index in [2.05, 4.69) is 42.5 Å². The minimum absolute atomic E-state index is 0.000312. The number of benzene rings is 1. The minimum Gasteiger partial charge on any atom is -0.354 e. The highest BCUT2D eigenvalue weighted by Crippen LogP contribution is 2.21. The molecule has 2 aliphatic rings. The summed E-state index contributed by atoms with van der Waals surface area (Å²) >= 11 is 0. The molecule has 20 heteroatoms. The molecule has 2 fully saturated rings. The van der Waals surface area contributed by atoms with Gasteiger partial charge in [0.15, 0.2) is 0 Å². The number of fused-ring (bicyclic) bond motifs is 1. The van der Waals surface area contributed by atoms with Crippen LogP contribution in [-0.4, -0.2) is 133 Å². The fourth-order valence-electron chi connectivity index (χ4n) is 8.79. The summed E-state index contributed by atoms with van der Waals surface area (Å²) in [6.45, 7) is 15.4. The van der Waals surface area contributed by atoms with Crippen LogP contribution in [0.2, 0.25) is 0 Å². The zero-order chi connectivity index (χ0) is 52.8. The molecule has 1 aromatic carbocycles. The van der Waals surface area contributed by atoms with Crippen LogP contribution in [0.1, 0.15) is 132 Å². The van der Waals surface area contributed by atoms with Crippen LogP contribution in [-0.2, 0) is 49.6 Å². The number of carbonyl (C=O) groups is 9. The predicted molar refractivity (Wildman–Crippen MR) is 270 cm³/mol. The Morgan fingerprint density at radius 3 is 1.52 bits per heavy atom. The summed E-state index contributed by atoms with van der Waals surface area (Å²) < 4.78 is 0. The second-order valence-corrected chi connectivity index (χ2v) is 20.6. The Balaban J connectivity index is 2.08. The fraction of sp³-hybridized carbons (Fsp3) is 0.706. The Morgan fingerprint density at radius 2 is 1.01 bits per heavy atom. The molecule has 71 heavy (non-hydrogen) atoms. The number of hydrogen-bond donors (Lipinski definition) is 10. The molecule has 1 aromatic rings. The lowest BCUT2D eigenvalue weighted by molar-refractivity contribution is -0.143. The molecule has 0 aliphatic carbocycles. The maximum absolute atomic E-state index is 14.7. The van der Waals surface area contributed by atoms with Gasteiger partial charge in [0.1, 0.15) is 48.3 Å². The van der Waals surface area contributed by atoms with Gasteiger partial charge >= 0.3 is 0 Å². The van der Waals surface area contributed by atoms with Crippen molar-refractivity contribution in [2.75, 3.05) is 26.2 Å². The van der Waals surface area contributed by atoms with Crippen molar-refractivity contribution >= 4 is 53.2 Å². The Morgan fingerprint density at radius 1 is 0.535 bits per heavy atom. The van der Waals surface area contributed by atoms with Crippen molar-refractivity contribution in [3.63, 3.8) is 0 Å². The molecule has 3 rings (SSSR count). The molecule has 2 saturated heterocycles. The normalized spacial score (nSPS) is 25.9. The van der Waals surface area contributed by atoms with Gasteiger partial charge in [0.2, 0.25) is 53.2 Å². The summed E-state index contributed by atoms with van der Waals surface area (Å²) in [7, 11) is 0. The quantitative estimate of drug-likeness (QED) is 0.124. The van der Waals surface area contributed by atoms with Crippen LogP contribution in [0.5, 0.6) is 0 Å². The molecule has 0 bridgehead atoms. The molecular weight excluding hydrogens is 911 g/mol. The average molecular weight is 996 g/mol. The van der Waals surface area contributed by atoms with E-state index in [1.54, 1.807) is 39.8 Å². The van der Waals surface area contributed by atoms with Gasteiger partial charge < -0.3 is 58.9 Å². The van der Waals surface area contributed by atoms with Crippen LogP contribution < -0.4 is 54.0 Å². The van der Waals surface area contributed by atoms with Crippen molar-refractivity contribution in [2.24, 2.45) is 35.1 Å². The molecular formula is C51H85N11O9. The van der Waals surface area contributed by atoms with Crippen molar-refractivity contribution in [1.29, 1.82) is 0 Å². The first-order valence-corrected chi connectivity index (χ1v) is 25.8. The molecule has 398 valence electrons. The summed E-state index contributed by atoms with van der Waals surface area (Å²) in [6, 6.07) is 0.410. The van der Waals surface area contributed by atoms with Gasteiger partial charge in [-0.3, -0.25) is 43.2 Å². The number of rotatable bonds is 14. The van der Waals surface area contributed by atoms with Gasteiger partial charge in [-0.1, -0.05) is 85.7 Å². The monoisotopic (exact) mass is 996 g/mol. The van der Waals surface area contributed by atoms with E-state index >= 15 is 0 Å². The first-order valence-electron chi connectivity index (χ1n) is 25.8. The molecule has 0 unspecified atom stereocenters. The highest BCUT2D eigenvalue weighted by molar-refractivity contribution is 5.98. The standard InChI is InChI=1S/C51H85N11O9/c1-30(2)27-37-44(64)54-25-13-12-22-41(63)60-42(32(5)6)49(69)55-36(20-15-24-53)46(66)58-38(28-31(3)4)47(67)59-39(29-34-17-10-9-11-18-34)51(71)62-26-16-21-40(62)48(68)61-43(33(7)8)50(70)56-35(19-14-23-52)45(65)57-37/h9-11,17-18,30-33,35-40,42-43H,12-16,19-29,52-53H2,1-8H3,(H,54,64)(H,55,69)(H,56,70)(H,57,65)(H,58,66)(H,59,67)(H,60,63)(H,61,68)/t35-,36-,37+,38+,39+,40-,42-,43-/m0/s1. The summed E-state index contributed by atoms with van der Waals surface area (Å²) in [6.07, 6.45) is 3.08. The molecule has 0 saturated carbocycles. The number of nitrogens with two attached hydrogens (primary N) is 2. The van der Waals surface area contributed by atoms with Gasteiger partial charge in [0.25, 0.3) is 0 Å². The van der Waals surface area contributed by atoms with Crippen LogP contribution in [0.4, 0.5) is 0 Å². The molecule has 20 nitrogen and oxygen atoms in total. The first kappa shape index (κ1) is 59.7. The average Bonchev–Trinajstić information content (AvgIpc) is 3.81. The highest BCUT2D eigenvalue weighted by Gasteiger charge is 2.41. The maximum atomic E-state index is 14.7. The van der Waals surface area contributed by atoms with Crippen LogP contribution in [0.15, 0.2) is 30.3 Å². The van der Waals surface area contributed by atoms with Gasteiger partial charge in [0, 0.05) is 25.9 Å². The fourth-order valence-corrected chi connectivity index (χ4v) is 8.79. The zero-order valence-electron chi connectivity index (χ0n) is 43.4. The maximum Gasteiger partial charge on any atom is 0.246 e. The third kappa shape index (κ3) is 19.8. The van der Waals surface area contributed by atoms with E-state index in [1.807, 2.05) is 45.9 Å². The summed E-state index contributed by atoms with van der Waals surface area (Å²) in [5.41, 5.74) is 12.4. The molecule has 0 spiro atoms. The van der Waals surface area contributed by atoms with E-state index in [4.69, 9.17) is 11.5 Å². The number of nitrogens with zero attached hydrogens (tertiary/aromatic N) is 1. The van der Waals surface area contributed by atoms with Crippen LogP contribution >= 0.6 is 0 Å². The smallest absolute Gasteiger partial charge is 0.246 e. The molecule has 0 radical (unpaired) electrons. The van der Waals surface area contributed by atoms with Crippen molar-refractivity contribution in [3.8, 4) is 0 Å². The lowest BCUT2D eigenvalue weighted by Gasteiger charge is -2.32. The minimum atomic E-state index is -1.18. The Hall–Kier alpha value is -5.63. The van der Waals surface area contributed by atoms with Gasteiger partial charge in [0.05, 0.1) is 0 Å². The second kappa shape index (κ2) is 30.3. The lowest BCUT2D eigenvalue weighted by Crippen LogP contribution is -2.61. The number of amides is 9. The van der Waals surface area contributed by atoms with Crippen molar-refractivity contribution < 1.29 is 43.2 Å². The van der Waals surface area contributed by atoms with Crippen molar-refractivity contribution in [3.05, 3.63) is 35.9 Å². The largest absolute Gasteiger partial charge is 0.354 e. The molecule has 2 heterocycles. The van der Waals surface area contributed by atoms with E-state index in [1.165, 1.54) is 4.90 Å². The van der Waals surface area contributed by atoms with Gasteiger partial charge in [-0.2, -0.15) is 0 Å². The van der Waals surface area contributed by atoms with Gasteiger partial charge in [-0.25, -0.2) is 0 Å². The van der Waals surface area contributed by atoms with Crippen molar-refractivity contribution in [1.82, 2.24) is 47.4 Å². The number of carbonyl (C=O) groups excluding carboxylic acids is 9. The van der Waals surface area contributed by atoms with E-state index in [0.29, 0.717) is 38.5 Å². The zero-order valence-corrected chi connectivity index (χ0v) is 43.4. The molecule has 9 amide bonds. The topological polar surface area (TPSA) is 305 Å². The number of hydrogen-bond acceptors (Lipinski definition) is 11. The predicted octanol–water partition coefficient (Wildman–Crippen LogP) is 0.796. The SMILES string of the molecule is CC(C)C[C@H]1NC(=O)[C@H](CCCN)NC(=O)[C@H](C(C)C)NC(=O)[C@@H]2CCCN2C(=O)[C@@H](Cc2ccccc2)NC(=O)[C@@H](CC(C)C)NC(=O)[C@H](CCCN)NC(=O)[C@H](C(C)C)NC(=O)CCCCNC1=O. The van der Waals surface area contributed by atoms with Crippen LogP contribution in [0.25, 0.3) is 0 Å². The molecule has 2 aliphatic heterocycles. The van der Waals surface area contributed by atoms with E-state index in [-0.39, 0.29) is 82.5 Å². The summed E-state index contributed by atoms with van der Waals surface area (Å²) in [5, 5.41) is 22.6. The number of nitrogens with one attached hydrogen (secondary N) is 8. The van der Waals surface area contributed by atoms with Crippen LogP contribution in [0, 0.1) is 23.7 Å². The van der Waals surface area contributed by atoms with E-state index in [0.717, 1.165) is 5.56 Å². The molecule has 0 aromatic heterocycles. The first-order chi connectivity index (χ1) is 33.7. The summed E-state index contributed by atoms with van der Waals surface area (Å²) in [5.74, 6) is -6.00.